The quantitative estimate of drug-likeness (QED) is 0.520. The van der Waals surface area contributed by atoms with E-state index in [4.69, 9.17) is 0 Å². The summed E-state index contributed by atoms with van der Waals surface area (Å²) < 4.78 is 0. The molecule has 0 unspecified atom stereocenters. The highest BCUT2D eigenvalue weighted by Gasteiger charge is 2.16. The standard InChI is InChI=1S/C13H26N2S/c1-3-9-15-10-6-13(7-11-15)14-8-5-12-16-4-2/h3,13-14H,1,4-12H2,2H3. The molecule has 0 spiro atoms. The van der Waals surface area contributed by atoms with Crippen LogP contribution in [0.15, 0.2) is 12.7 Å². The maximum Gasteiger partial charge on any atom is 0.0160 e. The summed E-state index contributed by atoms with van der Waals surface area (Å²) in [6.07, 6.45) is 5.92. The second-order valence-electron chi connectivity index (χ2n) is 4.37. The van der Waals surface area contributed by atoms with Gasteiger partial charge in [-0.2, -0.15) is 11.8 Å². The smallest absolute Gasteiger partial charge is 0.0160 e. The maximum absolute atomic E-state index is 3.79. The Hall–Kier alpha value is 0.0100. The molecule has 0 atom stereocenters. The van der Waals surface area contributed by atoms with Crippen LogP contribution in [0.4, 0.5) is 0 Å². The fourth-order valence-electron chi connectivity index (χ4n) is 2.13. The van der Waals surface area contributed by atoms with Crippen molar-refractivity contribution < 1.29 is 0 Å². The molecule has 1 N–H and O–H groups in total. The van der Waals surface area contributed by atoms with Crippen molar-refractivity contribution in [3.8, 4) is 0 Å². The Bertz CT molecular complexity index is 177. The third kappa shape index (κ3) is 5.92. The van der Waals surface area contributed by atoms with E-state index < -0.39 is 0 Å². The average molecular weight is 242 g/mol. The van der Waals surface area contributed by atoms with Crippen molar-refractivity contribution in [3.05, 3.63) is 12.7 Å². The van der Waals surface area contributed by atoms with Gasteiger partial charge in [0, 0.05) is 12.6 Å². The van der Waals surface area contributed by atoms with Crippen LogP contribution in [0, 0.1) is 0 Å². The highest BCUT2D eigenvalue weighted by molar-refractivity contribution is 7.99. The molecule has 0 aromatic rings. The summed E-state index contributed by atoms with van der Waals surface area (Å²) in [5, 5.41) is 3.68. The SMILES string of the molecule is C=CCN1CCC(NCCCSCC)CC1. The first-order chi connectivity index (χ1) is 7.86. The Balaban J connectivity index is 1.97. The number of hydrogen-bond acceptors (Lipinski definition) is 3. The van der Waals surface area contributed by atoms with E-state index in [9.17, 15) is 0 Å². The van der Waals surface area contributed by atoms with Crippen LogP contribution in [-0.2, 0) is 0 Å². The van der Waals surface area contributed by atoms with E-state index in [0.717, 1.165) is 12.6 Å². The van der Waals surface area contributed by atoms with Crippen LogP contribution in [0.25, 0.3) is 0 Å². The molecule has 1 saturated heterocycles. The molecule has 1 rings (SSSR count). The molecule has 1 aliphatic heterocycles. The van der Waals surface area contributed by atoms with E-state index in [1.807, 2.05) is 17.8 Å². The second-order valence-corrected chi connectivity index (χ2v) is 5.76. The van der Waals surface area contributed by atoms with Gasteiger partial charge in [-0.05, 0) is 50.4 Å². The van der Waals surface area contributed by atoms with Crippen molar-refractivity contribution >= 4 is 11.8 Å². The molecule has 1 heterocycles. The fourth-order valence-corrected chi connectivity index (χ4v) is 2.76. The minimum absolute atomic E-state index is 0.757. The van der Waals surface area contributed by atoms with E-state index >= 15 is 0 Å². The van der Waals surface area contributed by atoms with E-state index in [1.54, 1.807) is 0 Å². The number of nitrogens with one attached hydrogen (secondary N) is 1. The Morgan fingerprint density at radius 3 is 2.81 bits per heavy atom. The first kappa shape index (κ1) is 14.1. The van der Waals surface area contributed by atoms with E-state index in [2.05, 4.69) is 23.7 Å². The Morgan fingerprint density at radius 2 is 2.19 bits per heavy atom. The molecule has 3 heteroatoms. The van der Waals surface area contributed by atoms with Crippen molar-refractivity contribution in [2.45, 2.75) is 32.2 Å². The van der Waals surface area contributed by atoms with Crippen molar-refractivity contribution in [3.63, 3.8) is 0 Å². The van der Waals surface area contributed by atoms with Gasteiger partial charge < -0.3 is 5.32 Å². The lowest BCUT2D eigenvalue weighted by Crippen LogP contribution is -2.42. The van der Waals surface area contributed by atoms with Crippen LogP contribution >= 0.6 is 11.8 Å². The third-order valence-electron chi connectivity index (χ3n) is 3.08. The number of rotatable bonds is 8. The number of hydrogen-bond donors (Lipinski definition) is 1. The van der Waals surface area contributed by atoms with E-state index in [-0.39, 0.29) is 0 Å². The molecule has 0 radical (unpaired) electrons. The molecule has 1 fully saturated rings. The van der Waals surface area contributed by atoms with Gasteiger partial charge in [0.25, 0.3) is 0 Å². The predicted molar refractivity (Wildman–Crippen MR) is 75.3 cm³/mol. The third-order valence-corrected chi connectivity index (χ3v) is 4.06. The summed E-state index contributed by atoms with van der Waals surface area (Å²) in [4.78, 5) is 2.48. The molecule has 0 amide bonds. The van der Waals surface area contributed by atoms with Gasteiger partial charge >= 0.3 is 0 Å². The fraction of sp³-hybridized carbons (Fsp3) is 0.846. The largest absolute Gasteiger partial charge is 0.314 e. The van der Waals surface area contributed by atoms with Crippen LogP contribution < -0.4 is 5.32 Å². The Kier molecular flexibility index (Phi) is 7.99. The second kappa shape index (κ2) is 9.08. The minimum Gasteiger partial charge on any atom is -0.314 e. The van der Waals surface area contributed by atoms with Crippen LogP contribution in [0.2, 0.25) is 0 Å². The van der Waals surface area contributed by atoms with Crippen molar-refractivity contribution in [1.29, 1.82) is 0 Å². The molecule has 16 heavy (non-hydrogen) atoms. The van der Waals surface area contributed by atoms with E-state index in [0.29, 0.717) is 0 Å². The van der Waals surface area contributed by atoms with Gasteiger partial charge in [-0.3, -0.25) is 4.90 Å². The summed E-state index contributed by atoms with van der Waals surface area (Å²) in [7, 11) is 0. The lowest BCUT2D eigenvalue weighted by molar-refractivity contribution is 0.216. The Morgan fingerprint density at radius 1 is 1.44 bits per heavy atom. The molecule has 2 nitrogen and oxygen atoms in total. The van der Waals surface area contributed by atoms with E-state index in [1.165, 1.54) is 50.4 Å². The molecule has 0 saturated carbocycles. The van der Waals surface area contributed by atoms with Gasteiger partial charge in [0.05, 0.1) is 0 Å². The van der Waals surface area contributed by atoms with Crippen LogP contribution in [-0.4, -0.2) is 48.6 Å². The zero-order chi connectivity index (χ0) is 11.6. The number of piperidine rings is 1. The highest BCUT2D eigenvalue weighted by atomic mass is 32.2. The van der Waals surface area contributed by atoms with Gasteiger partial charge in [-0.1, -0.05) is 13.0 Å². The Labute approximate surface area is 105 Å². The molecule has 0 bridgehead atoms. The zero-order valence-electron chi connectivity index (χ0n) is 10.6. The summed E-state index contributed by atoms with van der Waals surface area (Å²) in [5.74, 6) is 2.55. The highest BCUT2D eigenvalue weighted by Crippen LogP contribution is 2.10. The first-order valence-corrected chi connectivity index (χ1v) is 7.66. The lowest BCUT2D eigenvalue weighted by atomic mass is 10.1. The van der Waals surface area contributed by atoms with Crippen LogP contribution in [0.5, 0.6) is 0 Å². The molecule has 1 aliphatic rings. The summed E-state index contributed by atoms with van der Waals surface area (Å²) in [6, 6.07) is 0.757. The minimum atomic E-state index is 0.757. The molecular formula is C13H26N2S. The van der Waals surface area contributed by atoms with Gasteiger partial charge in [0.2, 0.25) is 0 Å². The number of likely N-dealkylation sites (tertiary alicyclic amines) is 1. The van der Waals surface area contributed by atoms with Crippen molar-refractivity contribution in [1.82, 2.24) is 10.2 Å². The van der Waals surface area contributed by atoms with Crippen molar-refractivity contribution in [2.24, 2.45) is 0 Å². The molecule has 94 valence electrons. The molecule has 0 aromatic carbocycles. The van der Waals surface area contributed by atoms with Gasteiger partial charge in [-0.25, -0.2) is 0 Å². The molecular weight excluding hydrogens is 216 g/mol. The van der Waals surface area contributed by atoms with Crippen LogP contribution in [0.1, 0.15) is 26.2 Å². The topological polar surface area (TPSA) is 15.3 Å². The predicted octanol–water partition coefficient (Wildman–Crippen LogP) is 2.37. The summed E-state index contributed by atoms with van der Waals surface area (Å²) >= 11 is 2.04. The van der Waals surface area contributed by atoms with Crippen molar-refractivity contribution in [2.75, 3.05) is 37.7 Å². The zero-order valence-corrected chi connectivity index (χ0v) is 11.4. The maximum atomic E-state index is 3.79. The number of nitrogens with zero attached hydrogens (tertiary/aromatic N) is 1. The van der Waals surface area contributed by atoms with Crippen LogP contribution in [0.3, 0.4) is 0 Å². The summed E-state index contributed by atoms with van der Waals surface area (Å²) in [6.45, 7) is 10.7. The average Bonchev–Trinajstić information content (AvgIpc) is 2.31. The molecule has 0 aliphatic carbocycles. The monoisotopic (exact) mass is 242 g/mol. The lowest BCUT2D eigenvalue weighted by Gasteiger charge is -2.31. The summed E-state index contributed by atoms with van der Waals surface area (Å²) in [5.41, 5.74) is 0. The van der Waals surface area contributed by atoms with Gasteiger partial charge in [0.15, 0.2) is 0 Å². The first-order valence-electron chi connectivity index (χ1n) is 6.51. The van der Waals surface area contributed by atoms with Gasteiger partial charge in [0.1, 0.15) is 0 Å². The number of thioether (sulfide) groups is 1. The normalized spacial score (nSPS) is 18.8. The molecule has 0 aromatic heterocycles. The van der Waals surface area contributed by atoms with Gasteiger partial charge in [-0.15, -0.1) is 6.58 Å².